The van der Waals surface area contributed by atoms with Crippen LogP contribution in [0.2, 0.25) is 0 Å². The first-order chi connectivity index (χ1) is 10.6. The van der Waals surface area contributed by atoms with E-state index in [2.05, 4.69) is 15.0 Å². The molecular weight excluding hydrogens is 290 g/mol. The van der Waals surface area contributed by atoms with Crippen LogP contribution in [0.1, 0.15) is 10.4 Å². The van der Waals surface area contributed by atoms with E-state index in [0.717, 1.165) is 6.07 Å². The van der Waals surface area contributed by atoms with Crippen molar-refractivity contribution >= 4 is 52.0 Å². The van der Waals surface area contributed by atoms with Gasteiger partial charge in [-0.2, -0.15) is 15.0 Å². The van der Waals surface area contributed by atoms with Gasteiger partial charge in [0.15, 0.2) is 0 Å². The highest BCUT2D eigenvalue weighted by molar-refractivity contribution is 6.07. The topological polar surface area (TPSA) is 126 Å². The summed E-state index contributed by atoms with van der Waals surface area (Å²) >= 11 is 0. The molecule has 0 fully saturated rings. The van der Waals surface area contributed by atoms with Gasteiger partial charge in [0.1, 0.15) is 0 Å². The zero-order chi connectivity index (χ0) is 16.1. The predicted octanol–water partition coefficient (Wildman–Crippen LogP) is 2.44. The summed E-state index contributed by atoms with van der Waals surface area (Å²) in [6.45, 7) is 0. The molecule has 2 aromatic carbocycles. The Labute approximate surface area is 122 Å². The van der Waals surface area contributed by atoms with Crippen molar-refractivity contribution in [1.29, 1.82) is 0 Å². The maximum absolute atomic E-state index is 11.1. The summed E-state index contributed by atoms with van der Waals surface area (Å²) in [6, 6.07) is 5.07. The normalized spacial score (nSPS) is 9.27. The predicted molar refractivity (Wildman–Crippen MR) is 74.3 cm³/mol. The lowest BCUT2D eigenvalue weighted by Crippen LogP contribution is -1.95. The molecule has 8 heteroatoms. The number of benzene rings is 2. The van der Waals surface area contributed by atoms with Crippen molar-refractivity contribution in [3.63, 3.8) is 0 Å². The zero-order valence-corrected chi connectivity index (χ0v) is 10.7. The van der Waals surface area contributed by atoms with Crippen LogP contribution >= 0.6 is 0 Å². The first-order valence-electron chi connectivity index (χ1n) is 5.69. The van der Waals surface area contributed by atoms with Gasteiger partial charge >= 0.3 is 5.97 Å². The van der Waals surface area contributed by atoms with Crippen molar-refractivity contribution in [3.05, 3.63) is 29.8 Å². The van der Waals surface area contributed by atoms with Gasteiger partial charge in [0.05, 0.1) is 22.6 Å². The van der Waals surface area contributed by atoms with Gasteiger partial charge in [-0.25, -0.2) is 19.2 Å². The summed E-state index contributed by atoms with van der Waals surface area (Å²) in [5.41, 5.74) is -0.0252. The number of hydrogen-bond donors (Lipinski definition) is 1. The Morgan fingerprint density at radius 2 is 1.45 bits per heavy atom. The van der Waals surface area contributed by atoms with Gasteiger partial charge in [-0.1, -0.05) is 0 Å². The molecule has 0 unspecified atom stereocenters. The molecule has 0 heterocycles. The van der Waals surface area contributed by atoms with Crippen LogP contribution in [0.5, 0.6) is 0 Å². The van der Waals surface area contributed by atoms with Gasteiger partial charge < -0.3 is 5.11 Å². The Morgan fingerprint density at radius 1 is 0.864 bits per heavy atom. The van der Waals surface area contributed by atoms with Gasteiger partial charge in [0.2, 0.25) is 18.2 Å². The molecule has 0 radical (unpaired) electrons. The Bertz CT molecular complexity index is 872. The van der Waals surface area contributed by atoms with E-state index >= 15 is 0 Å². The highest BCUT2D eigenvalue weighted by atomic mass is 16.4. The summed E-state index contributed by atoms with van der Waals surface area (Å²) in [7, 11) is 0. The summed E-state index contributed by atoms with van der Waals surface area (Å²) in [5, 5.41) is 9.59. The van der Waals surface area contributed by atoms with Crippen molar-refractivity contribution in [2.75, 3.05) is 0 Å². The monoisotopic (exact) mass is 295 g/mol. The summed E-state index contributed by atoms with van der Waals surface area (Å²) in [4.78, 5) is 52.8. The fourth-order valence-electron chi connectivity index (χ4n) is 1.97. The lowest BCUT2D eigenvalue weighted by atomic mass is 10.0. The molecule has 2 aromatic rings. The lowest BCUT2D eigenvalue weighted by molar-refractivity contribution is 0.0697. The van der Waals surface area contributed by atoms with Gasteiger partial charge in [0.25, 0.3) is 0 Å². The molecule has 0 amide bonds. The molecule has 22 heavy (non-hydrogen) atoms. The largest absolute Gasteiger partial charge is 0.478 e. The minimum atomic E-state index is -1.24. The molecule has 0 atom stereocenters. The highest BCUT2D eigenvalue weighted by Crippen LogP contribution is 2.38. The van der Waals surface area contributed by atoms with Crippen LogP contribution in [0.25, 0.3) is 10.8 Å². The van der Waals surface area contributed by atoms with Crippen LogP contribution in [0.15, 0.2) is 39.2 Å². The summed E-state index contributed by atoms with van der Waals surface area (Å²) < 4.78 is 0. The molecule has 0 aliphatic rings. The third kappa shape index (κ3) is 2.75. The molecule has 0 aromatic heterocycles. The second-order valence-corrected chi connectivity index (χ2v) is 3.97. The highest BCUT2D eigenvalue weighted by Gasteiger charge is 2.13. The second-order valence-electron chi connectivity index (χ2n) is 3.97. The molecule has 2 rings (SSSR count). The average Bonchev–Trinajstić information content (AvgIpc) is 2.47. The smallest absolute Gasteiger partial charge is 0.335 e. The van der Waals surface area contributed by atoms with Crippen LogP contribution in [-0.2, 0) is 14.4 Å². The zero-order valence-electron chi connectivity index (χ0n) is 10.7. The first kappa shape index (κ1) is 14.7. The quantitative estimate of drug-likeness (QED) is 0.684. The van der Waals surface area contributed by atoms with E-state index in [1.807, 2.05) is 0 Å². The van der Waals surface area contributed by atoms with Crippen molar-refractivity contribution in [1.82, 2.24) is 0 Å². The van der Waals surface area contributed by atoms with E-state index < -0.39 is 5.97 Å². The minimum absolute atomic E-state index is 0.0273. The summed E-state index contributed by atoms with van der Waals surface area (Å²) in [6.07, 6.45) is 3.97. The fourth-order valence-corrected chi connectivity index (χ4v) is 1.97. The first-order valence-corrected chi connectivity index (χ1v) is 5.69. The maximum atomic E-state index is 11.1. The molecule has 0 aliphatic carbocycles. The Balaban J connectivity index is 3.02. The maximum Gasteiger partial charge on any atom is 0.335 e. The number of carboxylic acid groups (broad SMARTS) is 1. The average molecular weight is 295 g/mol. The number of fused-ring (bicyclic) bond motifs is 1. The number of aliphatic imine (C=N–C) groups is 3. The van der Waals surface area contributed by atoms with E-state index in [-0.39, 0.29) is 33.4 Å². The molecule has 0 bridgehead atoms. The Morgan fingerprint density at radius 3 is 2.00 bits per heavy atom. The van der Waals surface area contributed by atoms with Gasteiger partial charge in [-0.15, -0.1) is 0 Å². The van der Waals surface area contributed by atoms with E-state index in [9.17, 15) is 19.2 Å². The van der Waals surface area contributed by atoms with E-state index in [4.69, 9.17) is 5.11 Å². The number of rotatable bonds is 4. The molecule has 0 spiro atoms. The van der Waals surface area contributed by atoms with Crippen LogP contribution in [0.3, 0.4) is 0 Å². The number of nitrogens with zero attached hydrogens (tertiary/aromatic N) is 3. The second kappa shape index (κ2) is 6.17. The molecule has 1 N–H and O–H groups in total. The fraction of sp³-hybridized carbons (Fsp3) is 0. The van der Waals surface area contributed by atoms with Gasteiger partial charge in [-0.3, -0.25) is 0 Å². The third-order valence-corrected chi connectivity index (χ3v) is 2.75. The van der Waals surface area contributed by atoms with Crippen molar-refractivity contribution in [2.24, 2.45) is 15.0 Å². The lowest BCUT2D eigenvalue weighted by Gasteiger charge is -2.07. The standard InChI is InChI=1S/C14H5N3O5/c18-5-15-10-2-8-1-9(14(21)22)3-11(16-6-19)13(8)12(4-10)17-7-20/h1-4H,(H,21,22). The van der Waals surface area contributed by atoms with Gasteiger partial charge in [-0.05, 0) is 29.7 Å². The molecule has 0 saturated carbocycles. The molecular formula is C14H5N3O5. The van der Waals surface area contributed by atoms with Crippen molar-refractivity contribution < 1.29 is 24.3 Å². The van der Waals surface area contributed by atoms with Crippen molar-refractivity contribution in [2.45, 2.75) is 0 Å². The molecule has 0 saturated heterocycles. The Hall–Kier alpha value is -3.69. The minimum Gasteiger partial charge on any atom is -0.478 e. The van der Waals surface area contributed by atoms with Gasteiger partial charge in [0, 0.05) is 5.39 Å². The molecule has 0 aliphatic heterocycles. The van der Waals surface area contributed by atoms with E-state index in [1.165, 1.54) is 36.4 Å². The number of aromatic carboxylic acids is 1. The van der Waals surface area contributed by atoms with Crippen molar-refractivity contribution in [3.8, 4) is 0 Å². The van der Waals surface area contributed by atoms with Crippen LogP contribution in [0.4, 0.5) is 17.1 Å². The number of hydrogen-bond acceptors (Lipinski definition) is 7. The third-order valence-electron chi connectivity index (χ3n) is 2.75. The number of carbonyl (C=O) groups excluding carboxylic acids is 3. The number of carboxylic acids is 1. The SMILES string of the molecule is O=C=Nc1cc(N=C=O)c2c(N=C=O)cc(C(=O)O)cc2c1. The number of carbonyl (C=O) groups is 1. The molecule has 8 nitrogen and oxygen atoms in total. The number of isocyanates is 3. The van der Waals surface area contributed by atoms with Crippen LogP contribution in [-0.4, -0.2) is 29.3 Å². The van der Waals surface area contributed by atoms with Crippen LogP contribution in [0, 0.1) is 0 Å². The van der Waals surface area contributed by atoms with E-state index in [1.54, 1.807) is 0 Å². The summed E-state index contributed by atoms with van der Waals surface area (Å²) in [5.74, 6) is -1.24. The van der Waals surface area contributed by atoms with E-state index in [0.29, 0.717) is 0 Å². The molecule has 106 valence electrons. The Kier molecular flexibility index (Phi) is 4.13. The van der Waals surface area contributed by atoms with Crippen LogP contribution < -0.4 is 0 Å².